The van der Waals surface area contributed by atoms with Crippen molar-refractivity contribution in [2.24, 2.45) is 5.10 Å². The Morgan fingerprint density at radius 1 is 1.06 bits per heavy atom. The molecule has 0 radical (unpaired) electrons. The standard InChI is InChI=1S/C14H12N4/c1-10-13-11(6-5-9-16-13)14(17-18(10)2)12-7-3-4-8-15-12/h3-9H,1H2,2H3. The van der Waals surface area contributed by atoms with E-state index in [1.165, 1.54) is 0 Å². The number of rotatable bonds is 1. The van der Waals surface area contributed by atoms with Crippen molar-refractivity contribution >= 4 is 11.4 Å². The molecule has 18 heavy (non-hydrogen) atoms. The molecule has 0 unspecified atom stereocenters. The molecule has 4 heteroatoms. The number of hydrogen-bond acceptors (Lipinski definition) is 4. The Kier molecular flexibility index (Phi) is 2.41. The van der Waals surface area contributed by atoms with Crippen molar-refractivity contribution in [1.82, 2.24) is 15.0 Å². The SMILES string of the molecule is C=C1c2ncccc2C(c2ccccn2)=NN1C. The first-order chi connectivity index (χ1) is 8.77. The molecule has 0 fully saturated rings. The largest absolute Gasteiger partial charge is 0.266 e. The summed E-state index contributed by atoms with van der Waals surface area (Å²) in [5, 5.41) is 6.26. The summed E-state index contributed by atoms with van der Waals surface area (Å²) in [4.78, 5) is 8.72. The number of fused-ring (bicyclic) bond motifs is 1. The molecule has 1 aliphatic rings. The summed E-state index contributed by atoms with van der Waals surface area (Å²) in [7, 11) is 1.86. The van der Waals surface area contributed by atoms with Crippen molar-refractivity contribution in [2.45, 2.75) is 0 Å². The molecular formula is C14H12N4. The van der Waals surface area contributed by atoms with Crippen molar-refractivity contribution in [2.75, 3.05) is 7.05 Å². The molecule has 0 aliphatic carbocycles. The van der Waals surface area contributed by atoms with Gasteiger partial charge in [-0.3, -0.25) is 15.0 Å². The Balaban J connectivity index is 2.21. The Morgan fingerprint density at radius 3 is 2.67 bits per heavy atom. The van der Waals surface area contributed by atoms with E-state index in [4.69, 9.17) is 0 Å². The van der Waals surface area contributed by atoms with E-state index in [0.29, 0.717) is 0 Å². The maximum absolute atomic E-state index is 4.52. The van der Waals surface area contributed by atoms with Crippen LogP contribution in [0.4, 0.5) is 0 Å². The number of nitrogens with zero attached hydrogens (tertiary/aromatic N) is 4. The Hall–Kier alpha value is -2.49. The Morgan fingerprint density at radius 2 is 1.89 bits per heavy atom. The molecule has 4 nitrogen and oxygen atoms in total. The van der Waals surface area contributed by atoms with Crippen LogP contribution in [0.2, 0.25) is 0 Å². The zero-order valence-corrected chi connectivity index (χ0v) is 10.0. The minimum atomic E-state index is 0.797. The highest BCUT2D eigenvalue weighted by molar-refractivity contribution is 6.14. The van der Waals surface area contributed by atoms with Crippen LogP contribution in [0.25, 0.3) is 5.70 Å². The molecule has 2 aromatic heterocycles. The first kappa shape index (κ1) is 10.7. The minimum absolute atomic E-state index is 0.797. The summed E-state index contributed by atoms with van der Waals surface area (Å²) in [5.41, 5.74) is 4.29. The number of aromatic nitrogens is 2. The van der Waals surface area contributed by atoms with Crippen LogP contribution in [-0.4, -0.2) is 27.7 Å². The van der Waals surface area contributed by atoms with E-state index in [0.717, 1.165) is 28.4 Å². The van der Waals surface area contributed by atoms with Gasteiger partial charge in [0.1, 0.15) is 5.71 Å². The predicted molar refractivity (Wildman–Crippen MR) is 70.9 cm³/mol. The van der Waals surface area contributed by atoms with Gasteiger partial charge in [-0.05, 0) is 24.3 Å². The van der Waals surface area contributed by atoms with E-state index < -0.39 is 0 Å². The lowest BCUT2D eigenvalue weighted by Crippen LogP contribution is -2.23. The van der Waals surface area contributed by atoms with Crippen LogP contribution in [0.3, 0.4) is 0 Å². The lowest BCUT2D eigenvalue weighted by Gasteiger charge is -2.24. The third kappa shape index (κ3) is 1.59. The van der Waals surface area contributed by atoms with Gasteiger partial charge in [-0.15, -0.1) is 0 Å². The van der Waals surface area contributed by atoms with Crippen LogP contribution in [-0.2, 0) is 0 Å². The average Bonchev–Trinajstić information content (AvgIpc) is 2.44. The molecule has 0 N–H and O–H groups in total. The maximum Gasteiger partial charge on any atom is 0.119 e. The topological polar surface area (TPSA) is 41.4 Å². The van der Waals surface area contributed by atoms with Gasteiger partial charge in [-0.2, -0.15) is 5.10 Å². The highest BCUT2D eigenvalue weighted by atomic mass is 15.5. The van der Waals surface area contributed by atoms with Gasteiger partial charge in [0, 0.05) is 25.0 Å². The fourth-order valence-corrected chi connectivity index (χ4v) is 1.94. The molecule has 0 aromatic carbocycles. The van der Waals surface area contributed by atoms with Crippen LogP contribution in [0.5, 0.6) is 0 Å². The normalized spacial score (nSPS) is 14.2. The minimum Gasteiger partial charge on any atom is -0.266 e. The van der Waals surface area contributed by atoms with Crippen LogP contribution in [0, 0.1) is 0 Å². The number of pyridine rings is 2. The summed E-state index contributed by atoms with van der Waals surface area (Å²) in [6.45, 7) is 4.00. The number of hydrogen-bond donors (Lipinski definition) is 0. The molecule has 0 atom stereocenters. The summed E-state index contributed by atoms with van der Waals surface area (Å²) in [5.74, 6) is 0. The van der Waals surface area contributed by atoms with Crippen LogP contribution in [0.1, 0.15) is 17.0 Å². The molecular weight excluding hydrogens is 224 g/mol. The van der Waals surface area contributed by atoms with Crippen LogP contribution < -0.4 is 0 Å². The molecule has 88 valence electrons. The lowest BCUT2D eigenvalue weighted by molar-refractivity contribution is 0.510. The van der Waals surface area contributed by atoms with Crippen LogP contribution in [0.15, 0.2) is 54.4 Å². The van der Waals surface area contributed by atoms with Crippen molar-refractivity contribution < 1.29 is 0 Å². The third-order valence-electron chi connectivity index (χ3n) is 2.88. The van der Waals surface area contributed by atoms with Gasteiger partial charge < -0.3 is 0 Å². The second-order valence-electron chi connectivity index (χ2n) is 4.03. The first-order valence-corrected chi connectivity index (χ1v) is 5.66. The van der Waals surface area contributed by atoms with E-state index >= 15 is 0 Å². The van der Waals surface area contributed by atoms with Crippen molar-refractivity contribution in [1.29, 1.82) is 0 Å². The molecule has 3 heterocycles. The molecule has 0 saturated carbocycles. The Bertz CT molecular complexity index is 631. The molecule has 0 bridgehead atoms. The lowest BCUT2D eigenvalue weighted by atomic mass is 10.0. The quantitative estimate of drug-likeness (QED) is 0.761. The fourth-order valence-electron chi connectivity index (χ4n) is 1.94. The molecule has 3 rings (SSSR count). The predicted octanol–water partition coefficient (Wildman–Crippen LogP) is 2.15. The molecule has 0 saturated heterocycles. The van der Waals surface area contributed by atoms with E-state index in [1.807, 2.05) is 37.4 Å². The molecule has 0 amide bonds. The van der Waals surface area contributed by atoms with Crippen molar-refractivity contribution in [3.05, 3.63) is 66.3 Å². The van der Waals surface area contributed by atoms with Gasteiger partial charge in [-0.25, -0.2) is 0 Å². The second-order valence-corrected chi connectivity index (χ2v) is 4.03. The highest BCUT2D eigenvalue weighted by Crippen LogP contribution is 2.26. The highest BCUT2D eigenvalue weighted by Gasteiger charge is 2.22. The van der Waals surface area contributed by atoms with Crippen LogP contribution >= 0.6 is 0 Å². The maximum atomic E-state index is 4.52. The second kappa shape index (κ2) is 4.07. The smallest absolute Gasteiger partial charge is 0.119 e. The third-order valence-corrected chi connectivity index (χ3v) is 2.88. The summed E-state index contributed by atoms with van der Waals surface area (Å²) >= 11 is 0. The fraction of sp³-hybridized carbons (Fsp3) is 0.0714. The van der Waals surface area contributed by atoms with Gasteiger partial charge in [0.2, 0.25) is 0 Å². The van der Waals surface area contributed by atoms with Gasteiger partial charge >= 0.3 is 0 Å². The van der Waals surface area contributed by atoms with Gasteiger partial charge in [0.25, 0.3) is 0 Å². The first-order valence-electron chi connectivity index (χ1n) is 5.66. The summed E-state index contributed by atoms with van der Waals surface area (Å²) < 4.78 is 0. The van der Waals surface area contributed by atoms with E-state index in [9.17, 15) is 0 Å². The van der Waals surface area contributed by atoms with Crippen molar-refractivity contribution in [3.63, 3.8) is 0 Å². The zero-order chi connectivity index (χ0) is 12.5. The average molecular weight is 236 g/mol. The van der Waals surface area contributed by atoms with E-state index in [1.54, 1.807) is 17.4 Å². The van der Waals surface area contributed by atoms with Crippen molar-refractivity contribution in [3.8, 4) is 0 Å². The van der Waals surface area contributed by atoms with Gasteiger partial charge in [0.05, 0.1) is 17.1 Å². The molecule has 2 aromatic rings. The Labute approximate surface area is 105 Å². The monoisotopic (exact) mass is 236 g/mol. The number of hydrazone groups is 1. The zero-order valence-electron chi connectivity index (χ0n) is 10.0. The van der Waals surface area contributed by atoms with E-state index in [2.05, 4.69) is 21.6 Å². The molecule has 1 aliphatic heterocycles. The molecule has 0 spiro atoms. The van der Waals surface area contributed by atoms with Gasteiger partial charge in [-0.1, -0.05) is 12.6 Å². The van der Waals surface area contributed by atoms with E-state index in [-0.39, 0.29) is 0 Å². The van der Waals surface area contributed by atoms with Gasteiger partial charge in [0.15, 0.2) is 0 Å². The summed E-state index contributed by atoms with van der Waals surface area (Å²) in [6.07, 6.45) is 3.52. The summed E-state index contributed by atoms with van der Waals surface area (Å²) in [6, 6.07) is 9.67.